The molecule has 2 aromatic rings. The number of nitrogens with zero attached hydrogens (tertiary/aromatic N) is 1. The molecule has 2 N–H and O–H groups in total. The second-order valence-electron chi connectivity index (χ2n) is 4.29. The largest absolute Gasteiger partial charge is 0.493 e. The van der Waals surface area contributed by atoms with Crippen molar-refractivity contribution in [2.75, 3.05) is 14.2 Å². The first-order valence-electron chi connectivity index (χ1n) is 6.25. The van der Waals surface area contributed by atoms with Gasteiger partial charge in [0, 0.05) is 0 Å². The fourth-order valence-corrected chi connectivity index (χ4v) is 2.44. The number of carboxylic acid groups (broad SMARTS) is 1. The van der Waals surface area contributed by atoms with Crippen molar-refractivity contribution in [3.8, 4) is 22.8 Å². The molecule has 7 heteroatoms. The molecular formula is C14H15ClN2O4. The highest BCUT2D eigenvalue weighted by molar-refractivity contribution is 6.34. The van der Waals surface area contributed by atoms with Gasteiger partial charge in [-0.3, -0.25) is 5.10 Å². The van der Waals surface area contributed by atoms with E-state index in [1.54, 1.807) is 6.07 Å². The third kappa shape index (κ3) is 2.67. The number of aromatic nitrogens is 2. The highest BCUT2D eigenvalue weighted by atomic mass is 35.5. The second-order valence-corrected chi connectivity index (χ2v) is 4.66. The number of benzene rings is 1. The highest BCUT2D eigenvalue weighted by Crippen LogP contribution is 2.44. The Bertz CT molecular complexity index is 682. The Morgan fingerprint density at radius 2 is 2.10 bits per heavy atom. The summed E-state index contributed by atoms with van der Waals surface area (Å²) in [6.45, 7) is 1.96. The number of H-pyrrole nitrogens is 1. The van der Waals surface area contributed by atoms with Crippen LogP contribution in [0.2, 0.25) is 5.02 Å². The summed E-state index contributed by atoms with van der Waals surface area (Å²) in [5.41, 5.74) is 1.75. The Kier molecular flexibility index (Phi) is 4.37. The second kappa shape index (κ2) is 6.05. The molecule has 0 saturated heterocycles. The molecular weight excluding hydrogens is 296 g/mol. The van der Waals surface area contributed by atoms with E-state index in [9.17, 15) is 4.79 Å². The number of rotatable bonds is 5. The van der Waals surface area contributed by atoms with E-state index in [0.29, 0.717) is 34.2 Å². The normalized spacial score (nSPS) is 10.5. The van der Waals surface area contributed by atoms with E-state index < -0.39 is 5.97 Å². The zero-order valence-electron chi connectivity index (χ0n) is 11.9. The molecule has 0 fully saturated rings. The van der Waals surface area contributed by atoms with Gasteiger partial charge in [-0.2, -0.15) is 5.10 Å². The van der Waals surface area contributed by atoms with E-state index >= 15 is 0 Å². The van der Waals surface area contributed by atoms with E-state index in [0.717, 1.165) is 5.56 Å². The minimum Gasteiger partial charge on any atom is -0.493 e. The molecule has 112 valence electrons. The van der Waals surface area contributed by atoms with E-state index in [4.69, 9.17) is 26.2 Å². The standard InChI is InChI=1S/C14H15ClN2O4/c1-4-7-5-10(20-2)13(21-3)11(12(7)15)8-6-9(14(18)19)17-16-8/h5-6H,4H2,1-3H3,(H,16,17)(H,18,19). The van der Waals surface area contributed by atoms with Crippen LogP contribution in [-0.4, -0.2) is 35.5 Å². The van der Waals surface area contributed by atoms with E-state index in [1.807, 2.05) is 6.92 Å². The molecule has 6 nitrogen and oxygen atoms in total. The van der Waals surface area contributed by atoms with Crippen LogP contribution in [0.3, 0.4) is 0 Å². The molecule has 0 bridgehead atoms. The molecule has 21 heavy (non-hydrogen) atoms. The molecule has 1 heterocycles. The Hall–Kier alpha value is -2.21. The van der Waals surface area contributed by atoms with Gasteiger partial charge in [0.05, 0.1) is 30.5 Å². The lowest BCUT2D eigenvalue weighted by Gasteiger charge is -2.15. The van der Waals surface area contributed by atoms with Crippen LogP contribution in [0, 0.1) is 0 Å². The number of nitrogens with one attached hydrogen (secondary N) is 1. The Morgan fingerprint density at radius 1 is 1.38 bits per heavy atom. The number of hydrogen-bond donors (Lipinski definition) is 2. The monoisotopic (exact) mass is 310 g/mol. The predicted octanol–water partition coefficient (Wildman–Crippen LogP) is 3.01. The SMILES string of the molecule is CCc1cc(OC)c(OC)c(-c2cc(C(=O)O)[nH]n2)c1Cl. The maximum absolute atomic E-state index is 11.0. The zero-order chi connectivity index (χ0) is 15.6. The number of ether oxygens (including phenoxy) is 2. The van der Waals surface area contributed by atoms with E-state index in [2.05, 4.69) is 10.2 Å². The van der Waals surface area contributed by atoms with Crippen LogP contribution in [0.25, 0.3) is 11.3 Å². The van der Waals surface area contributed by atoms with Gasteiger partial charge < -0.3 is 14.6 Å². The quantitative estimate of drug-likeness (QED) is 0.886. The summed E-state index contributed by atoms with van der Waals surface area (Å²) in [7, 11) is 3.02. The molecule has 1 aromatic carbocycles. The Morgan fingerprint density at radius 3 is 2.57 bits per heavy atom. The van der Waals surface area contributed by atoms with E-state index in [-0.39, 0.29) is 5.69 Å². The van der Waals surface area contributed by atoms with Gasteiger partial charge in [0.1, 0.15) is 5.69 Å². The fraction of sp³-hybridized carbons (Fsp3) is 0.286. The van der Waals surface area contributed by atoms with Gasteiger partial charge in [-0.15, -0.1) is 0 Å². The third-order valence-electron chi connectivity index (χ3n) is 3.13. The number of aryl methyl sites for hydroxylation is 1. The summed E-state index contributed by atoms with van der Waals surface area (Å²) in [6, 6.07) is 3.21. The van der Waals surface area contributed by atoms with Crippen LogP contribution >= 0.6 is 11.6 Å². The summed E-state index contributed by atoms with van der Waals surface area (Å²) < 4.78 is 10.7. The average molecular weight is 311 g/mol. The molecule has 0 amide bonds. The van der Waals surface area contributed by atoms with Gasteiger partial charge >= 0.3 is 5.97 Å². The molecule has 2 rings (SSSR count). The first-order chi connectivity index (χ1) is 10.0. The summed E-state index contributed by atoms with van der Waals surface area (Å²) in [4.78, 5) is 11.0. The summed E-state index contributed by atoms with van der Waals surface area (Å²) in [5, 5.41) is 15.9. The first-order valence-corrected chi connectivity index (χ1v) is 6.63. The molecule has 0 atom stereocenters. The van der Waals surface area contributed by atoms with Gasteiger partial charge in [-0.25, -0.2) is 4.79 Å². The number of carbonyl (C=O) groups is 1. The van der Waals surface area contributed by atoms with Crippen molar-refractivity contribution in [2.24, 2.45) is 0 Å². The maximum Gasteiger partial charge on any atom is 0.353 e. The molecule has 0 aliphatic carbocycles. The van der Waals surface area contributed by atoms with Crippen LogP contribution in [0.4, 0.5) is 0 Å². The minimum absolute atomic E-state index is 0.0241. The Labute approximate surface area is 126 Å². The van der Waals surface area contributed by atoms with Gasteiger partial charge in [0.2, 0.25) is 0 Å². The van der Waals surface area contributed by atoms with Crippen LogP contribution in [0.1, 0.15) is 23.0 Å². The molecule has 0 radical (unpaired) electrons. The minimum atomic E-state index is -1.09. The maximum atomic E-state index is 11.0. The summed E-state index contributed by atoms with van der Waals surface area (Å²) in [5.74, 6) is -0.154. The van der Waals surface area contributed by atoms with Gasteiger partial charge in [0.25, 0.3) is 0 Å². The van der Waals surface area contributed by atoms with Crippen molar-refractivity contribution in [3.63, 3.8) is 0 Å². The fourth-order valence-electron chi connectivity index (χ4n) is 2.07. The van der Waals surface area contributed by atoms with Crippen molar-refractivity contribution < 1.29 is 19.4 Å². The average Bonchev–Trinajstić information content (AvgIpc) is 2.96. The molecule has 0 aliphatic rings. The molecule has 0 saturated carbocycles. The van der Waals surface area contributed by atoms with Gasteiger partial charge in [-0.05, 0) is 24.1 Å². The summed E-state index contributed by atoms with van der Waals surface area (Å²) in [6.07, 6.45) is 0.697. The molecule has 0 aliphatic heterocycles. The van der Waals surface area contributed by atoms with Crippen molar-refractivity contribution in [1.82, 2.24) is 10.2 Å². The van der Waals surface area contributed by atoms with Crippen molar-refractivity contribution in [2.45, 2.75) is 13.3 Å². The lowest BCUT2D eigenvalue weighted by molar-refractivity contribution is 0.0690. The van der Waals surface area contributed by atoms with Gasteiger partial charge in [-0.1, -0.05) is 18.5 Å². The number of methoxy groups -OCH3 is 2. The number of carboxylic acids is 1. The molecule has 0 spiro atoms. The number of aromatic amines is 1. The topological polar surface area (TPSA) is 84.4 Å². The highest BCUT2D eigenvalue weighted by Gasteiger charge is 2.22. The van der Waals surface area contributed by atoms with Crippen molar-refractivity contribution in [1.29, 1.82) is 0 Å². The lowest BCUT2D eigenvalue weighted by atomic mass is 10.0. The smallest absolute Gasteiger partial charge is 0.353 e. The third-order valence-corrected chi connectivity index (χ3v) is 3.56. The van der Waals surface area contributed by atoms with Crippen molar-refractivity contribution in [3.05, 3.63) is 28.4 Å². The summed E-state index contributed by atoms with van der Waals surface area (Å²) >= 11 is 6.41. The number of halogens is 1. The van der Waals surface area contributed by atoms with Crippen LogP contribution in [0.5, 0.6) is 11.5 Å². The predicted molar refractivity (Wildman–Crippen MR) is 78.5 cm³/mol. The molecule has 0 unspecified atom stereocenters. The molecule has 1 aromatic heterocycles. The number of aromatic carboxylic acids is 1. The number of hydrogen-bond acceptors (Lipinski definition) is 4. The van der Waals surface area contributed by atoms with Crippen LogP contribution in [0.15, 0.2) is 12.1 Å². The van der Waals surface area contributed by atoms with Gasteiger partial charge in [0.15, 0.2) is 11.5 Å². The first kappa shape index (κ1) is 15.2. The van der Waals surface area contributed by atoms with E-state index in [1.165, 1.54) is 20.3 Å². The zero-order valence-corrected chi connectivity index (χ0v) is 12.6. The Balaban J connectivity index is 2.72. The van der Waals surface area contributed by atoms with Crippen LogP contribution < -0.4 is 9.47 Å². The lowest BCUT2D eigenvalue weighted by Crippen LogP contribution is -1.98. The van der Waals surface area contributed by atoms with Crippen LogP contribution in [-0.2, 0) is 6.42 Å². The van der Waals surface area contributed by atoms with Crippen molar-refractivity contribution >= 4 is 17.6 Å².